The highest BCUT2D eigenvalue weighted by Gasteiger charge is 2.04. The first-order valence-corrected chi connectivity index (χ1v) is 5.73. The summed E-state index contributed by atoms with van der Waals surface area (Å²) in [5, 5.41) is 0. The lowest BCUT2D eigenvalue weighted by Crippen LogP contribution is -2.21. The van der Waals surface area contributed by atoms with Crippen molar-refractivity contribution < 1.29 is 9.57 Å². The van der Waals surface area contributed by atoms with Crippen LogP contribution in [0.3, 0.4) is 0 Å². The number of rotatable bonds is 7. The van der Waals surface area contributed by atoms with E-state index in [-0.39, 0.29) is 6.04 Å². The minimum Gasteiger partial charge on any atom is -0.382 e. The quantitative estimate of drug-likeness (QED) is 0.569. The van der Waals surface area contributed by atoms with Gasteiger partial charge >= 0.3 is 0 Å². The lowest BCUT2D eigenvalue weighted by molar-refractivity contribution is -0.00924. The fraction of sp³-hybridized carbons (Fsp3) is 0.538. The second-order valence-corrected chi connectivity index (χ2v) is 3.78. The Balaban J connectivity index is 2.37. The molecule has 0 heterocycles. The summed E-state index contributed by atoms with van der Waals surface area (Å²) in [6.45, 7) is 5.40. The Morgan fingerprint density at radius 2 is 1.88 bits per heavy atom. The summed E-state index contributed by atoms with van der Waals surface area (Å²) in [4.78, 5) is 5.27. The highest BCUT2D eigenvalue weighted by atomic mass is 16.7. The molecule has 0 spiro atoms. The SMILES string of the molecule is CCc1ccc(C(C)NOCCOC)cc1. The molecule has 0 saturated heterocycles. The summed E-state index contributed by atoms with van der Waals surface area (Å²) in [5.74, 6) is 0. The number of hydrogen-bond acceptors (Lipinski definition) is 3. The first-order valence-electron chi connectivity index (χ1n) is 5.73. The van der Waals surface area contributed by atoms with E-state index in [0.29, 0.717) is 13.2 Å². The summed E-state index contributed by atoms with van der Waals surface area (Å²) in [6, 6.07) is 8.78. The lowest BCUT2D eigenvalue weighted by atomic mass is 10.1. The molecule has 0 aliphatic rings. The highest BCUT2D eigenvalue weighted by molar-refractivity contribution is 5.24. The van der Waals surface area contributed by atoms with Crippen LogP contribution in [-0.4, -0.2) is 20.3 Å². The van der Waals surface area contributed by atoms with Crippen LogP contribution in [0.4, 0.5) is 0 Å². The van der Waals surface area contributed by atoms with E-state index >= 15 is 0 Å². The van der Waals surface area contributed by atoms with Gasteiger partial charge in [0.2, 0.25) is 0 Å². The van der Waals surface area contributed by atoms with Crippen LogP contribution in [0.1, 0.15) is 31.0 Å². The van der Waals surface area contributed by atoms with Crippen LogP contribution in [0, 0.1) is 0 Å². The van der Waals surface area contributed by atoms with Crippen LogP contribution in [-0.2, 0) is 16.0 Å². The van der Waals surface area contributed by atoms with Crippen LogP contribution in [0.2, 0.25) is 0 Å². The molecule has 0 fully saturated rings. The fourth-order valence-electron chi connectivity index (χ4n) is 1.42. The number of methoxy groups -OCH3 is 1. The summed E-state index contributed by atoms with van der Waals surface area (Å²) in [5.41, 5.74) is 5.58. The van der Waals surface area contributed by atoms with Gasteiger partial charge in [-0.3, -0.25) is 4.84 Å². The number of benzene rings is 1. The van der Waals surface area contributed by atoms with Crippen molar-refractivity contribution in [3.8, 4) is 0 Å². The Labute approximate surface area is 97.7 Å². The molecule has 0 bridgehead atoms. The van der Waals surface area contributed by atoms with Crippen LogP contribution in [0.25, 0.3) is 0 Å². The van der Waals surface area contributed by atoms with E-state index in [1.165, 1.54) is 11.1 Å². The summed E-state index contributed by atoms with van der Waals surface area (Å²) >= 11 is 0. The van der Waals surface area contributed by atoms with Gasteiger partial charge in [0.05, 0.1) is 19.3 Å². The summed E-state index contributed by atoms with van der Waals surface area (Å²) in [6.07, 6.45) is 1.08. The standard InChI is InChI=1S/C13H21NO2/c1-4-12-5-7-13(8-6-12)11(2)14-16-10-9-15-3/h5-8,11,14H,4,9-10H2,1-3H3. The largest absolute Gasteiger partial charge is 0.382 e. The van der Waals surface area contributed by atoms with Crippen molar-refractivity contribution >= 4 is 0 Å². The molecule has 0 aliphatic carbocycles. The topological polar surface area (TPSA) is 30.5 Å². The Kier molecular flexibility index (Phi) is 6.08. The Morgan fingerprint density at radius 1 is 1.19 bits per heavy atom. The van der Waals surface area contributed by atoms with Gasteiger partial charge in [0.25, 0.3) is 0 Å². The van der Waals surface area contributed by atoms with Crippen molar-refractivity contribution in [1.82, 2.24) is 5.48 Å². The summed E-state index contributed by atoms with van der Waals surface area (Å²) in [7, 11) is 1.66. The first-order chi connectivity index (χ1) is 7.77. The molecule has 1 aromatic rings. The molecule has 1 atom stereocenters. The van der Waals surface area contributed by atoms with Crippen LogP contribution in [0.15, 0.2) is 24.3 Å². The van der Waals surface area contributed by atoms with E-state index < -0.39 is 0 Å². The number of hydroxylamine groups is 1. The zero-order valence-electron chi connectivity index (χ0n) is 10.3. The van der Waals surface area contributed by atoms with Crippen LogP contribution < -0.4 is 5.48 Å². The fourth-order valence-corrected chi connectivity index (χ4v) is 1.42. The molecule has 0 saturated carbocycles. The van der Waals surface area contributed by atoms with Crippen molar-refractivity contribution in [2.24, 2.45) is 0 Å². The third-order valence-corrected chi connectivity index (χ3v) is 2.54. The van der Waals surface area contributed by atoms with Gasteiger partial charge in [-0.25, -0.2) is 0 Å². The second-order valence-electron chi connectivity index (χ2n) is 3.78. The average molecular weight is 223 g/mol. The molecular weight excluding hydrogens is 202 g/mol. The highest BCUT2D eigenvalue weighted by Crippen LogP contribution is 2.13. The molecule has 90 valence electrons. The van der Waals surface area contributed by atoms with Gasteiger partial charge in [0.1, 0.15) is 0 Å². The van der Waals surface area contributed by atoms with Crippen LogP contribution >= 0.6 is 0 Å². The first kappa shape index (κ1) is 13.2. The zero-order valence-corrected chi connectivity index (χ0v) is 10.3. The van der Waals surface area contributed by atoms with E-state index in [2.05, 4.69) is 43.6 Å². The monoisotopic (exact) mass is 223 g/mol. The molecule has 0 amide bonds. The van der Waals surface area contributed by atoms with Gasteiger partial charge in [0, 0.05) is 7.11 Å². The Bertz CT molecular complexity index is 284. The lowest BCUT2D eigenvalue weighted by Gasteiger charge is -2.14. The third kappa shape index (κ3) is 4.31. The van der Waals surface area contributed by atoms with Gasteiger partial charge < -0.3 is 4.74 Å². The molecule has 1 aromatic carbocycles. The maximum Gasteiger partial charge on any atom is 0.0916 e. The van der Waals surface area contributed by atoms with Crippen molar-refractivity contribution in [3.05, 3.63) is 35.4 Å². The normalized spacial score (nSPS) is 12.7. The van der Waals surface area contributed by atoms with E-state index in [1.54, 1.807) is 7.11 Å². The van der Waals surface area contributed by atoms with Crippen molar-refractivity contribution in [3.63, 3.8) is 0 Å². The minimum atomic E-state index is 0.197. The third-order valence-electron chi connectivity index (χ3n) is 2.54. The van der Waals surface area contributed by atoms with Crippen molar-refractivity contribution in [2.75, 3.05) is 20.3 Å². The van der Waals surface area contributed by atoms with E-state index in [9.17, 15) is 0 Å². The number of ether oxygens (including phenoxy) is 1. The molecule has 1 rings (SSSR count). The van der Waals surface area contributed by atoms with E-state index in [0.717, 1.165) is 6.42 Å². The van der Waals surface area contributed by atoms with E-state index in [4.69, 9.17) is 9.57 Å². The Hall–Kier alpha value is -0.900. The molecule has 1 N–H and O–H groups in total. The van der Waals surface area contributed by atoms with Gasteiger partial charge in [-0.1, -0.05) is 31.2 Å². The smallest absolute Gasteiger partial charge is 0.0916 e. The van der Waals surface area contributed by atoms with Gasteiger partial charge in [-0.05, 0) is 24.5 Å². The second kappa shape index (κ2) is 7.39. The number of hydrogen-bond donors (Lipinski definition) is 1. The molecule has 16 heavy (non-hydrogen) atoms. The zero-order chi connectivity index (χ0) is 11.8. The summed E-state index contributed by atoms with van der Waals surface area (Å²) < 4.78 is 4.89. The van der Waals surface area contributed by atoms with Gasteiger partial charge in [0.15, 0.2) is 0 Å². The molecule has 0 aromatic heterocycles. The van der Waals surface area contributed by atoms with Crippen molar-refractivity contribution in [2.45, 2.75) is 26.3 Å². The molecule has 3 heteroatoms. The number of aryl methyl sites for hydroxylation is 1. The maximum absolute atomic E-state index is 5.27. The molecule has 0 radical (unpaired) electrons. The minimum absolute atomic E-state index is 0.197. The molecular formula is C13H21NO2. The molecule has 1 unspecified atom stereocenters. The van der Waals surface area contributed by atoms with Crippen LogP contribution in [0.5, 0.6) is 0 Å². The van der Waals surface area contributed by atoms with Crippen molar-refractivity contribution in [1.29, 1.82) is 0 Å². The Morgan fingerprint density at radius 3 is 2.44 bits per heavy atom. The predicted octanol–water partition coefficient (Wildman–Crippen LogP) is 2.48. The predicted molar refractivity (Wildman–Crippen MR) is 65.2 cm³/mol. The number of nitrogens with one attached hydrogen (secondary N) is 1. The van der Waals surface area contributed by atoms with E-state index in [1.807, 2.05) is 0 Å². The van der Waals surface area contributed by atoms with Gasteiger partial charge in [-0.2, -0.15) is 5.48 Å². The molecule has 3 nitrogen and oxygen atoms in total. The molecule has 0 aliphatic heterocycles. The maximum atomic E-state index is 5.27. The van der Waals surface area contributed by atoms with Gasteiger partial charge in [-0.15, -0.1) is 0 Å². The average Bonchev–Trinajstić information content (AvgIpc) is 2.34.